The quantitative estimate of drug-likeness (QED) is 0.744. The zero-order valence-corrected chi connectivity index (χ0v) is 11.1. The number of carbonyl (C=O) groups excluding carboxylic acids is 2. The summed E-state index contributed by atoms with van der Waals surface area (Å²) in [5.74, 6) is 0.408. The summed E-state index contributed by atoms with van der Waals surface area (Å²) in [4.78, 5) is 25.0. The number of nitrogens with one attached hydrogen (secondary N) is 1. The summed E-state index contributed by atoms with van der Waals surface area (Å²) < 4.78 is 4.91. The van der Waals surface area contributed by atoms with Gasteiger partial charge in [0.25, 0.3) is 0 Å². The minimum absolute atomic E-state index is 0.0279. The molecule has 1 unspecified atom stereocenters. The zero-order valence-electron chi connectivity index (χ0n) is 11.1. The van der Waals surface area contributed by atoms with Gasteiger partial charge in [0.15, 0.2) is 0 Å². The van der Waals surface area contributed by atoms with E-state index in [0.29, 0.717) is 5.92 Å². The average molecular weight is 254 g/mol. The second-order valence-corrected chi connectivity index (χ2v) is 5.32. The molecule has 1 saturated carbocycles. The van der Waals surface area contributed by atoms with Crippen LogP contribution in [0.2, 0.25) is 0 Å². The second kappa shape index (κ2) is 5.69. The Morgan fingerprint density at radius 3 is 2.28 bits per heavy atom. The van der Waals surface area contributed by atoms with E-state index < -0.39 is 0 Å². The molecule has 5 nitrogen and oxygen atoms in total. The molecule has 102 valence electrons. The van der Waals surface area contributed by atoms with Crippen LogP contribution >= 0.6 is 0 Å². The fraction of sp³-hybridized carbons (Fsp3) is 0.846. The van der Waals surface area contributed by atoms with Crippen LogP contribution in [0.25, 0.3) is 0 Å². The third-order valence-electron chi connectivity index (χ3n) is 3.84. The van der Waals surface area contributed by atoms with Crippen molar-refractivity contribution in [2.24, 2.45) is 5.92 Å². The zero-order chi connectivity index (χ0) is 13.1. The number of hydrogen-bond donors (Lipinski definition) is 1. The Morgan fingerprint density at radius 2 is 1.83 bits per heavy atom. The molecule has 0 bridgehead atoms. The summed E-state index contributed by atoms with van der Waals surface area (Å²) in [6.45, 7) is 3.27. The number of methoxy groups -OCH3 is 1. The molecule has 2 rings (SSSR count). The van der Waals surface area contributed by atoms with E-state index in [1.54, 1.807) is 6.92 Å². The van der Waals surface area contributed by atoms with Crippen molar-refractivity contribution < 1.29 is 14.3 Å². The summed E-state index contributed by atoms with van der Waals surface area (Å²) >= 11 is 0. The molecule has 5 heteroatoms. The van der Waals surface area contributed by atoms with Crippen molar-refractivity contribution in [1.29, 1.82) is 0 Å². The average Bonchev–Trinajstić information content (AvgIpc) is 3.15. The van der Waals surface area contributed by atoms with Crippen LogP contribution in [0.1, 0.15) is 32.6 Å². The highest BCUT2D eigenvalue weighted by molar-refractivity contribution is 5.76. The van der Waals surface area contributed by atoms with Crippen molar-refractivity contribution in [2.45, 2.75) is 44.7 Å². The van der Waals surface area contributed by atoms with E-state index in [4.69, 9.17) is 4.74 Å². The van der Waals surface area contributed by atoms with Gasteiger partial charge in [0.2, 0.25) is 5.91 Å². The van der Waals surface area contributed by atoms with Crippen LogP contribution in [-0.2, 0) is 14.3 Å². The Morgan fingerprint density at radius 1 is 1.22 bits per heavy atom. The summed E-state index contributed by atoms with van der Waals surface area (Å²) in [5.41, 5.74) is 0. The Balaban J connectivity index is 1.87. The molecule has 0 radical (unpaired) electrons. The standard InChI is InChI=1S/C13H22N2O3/c1-9(16)14-11-5-7-15(8-6-11)12(10-3-4-10)13(17)18-2/h10-12H,3-8H2,1-2H3,(H,14,16). The Kier molecular flexibility index (Phi) is 4.22. The first-order valence-corrected chi connectivity index (χ1v) is 6.70. The smallest absolute Gasteiger partial charge is 0.323 e. The SMILES string of the molecule is COC(=O)C(C1CC1)N1CCC(NC(C)=O)CC1. The largest absolute Gasteiger partial charge is 0.468 e. The first kappa shape index (κ1) is 13.3. The van der Waals surface area contributed by atoms with Crippen LogP contribution in [0.15, 0.2) is 0 Å². The van der Waals surface area contributed by atoms with Gasteiger partial charge in [-0.1, -0.05) is 0 Å². The van der Waals surface area contributed by atoms with E-state index >= 15 is 0 Å². The third kappa shape index (κ3) is 3.22. The Labute approximate surface area is 108 Å². The van der Waals surface area contributed by atoms with E-state index in [1.165, 1.54) is 7.11 Å². The van der Waals surface area contributed by atoms with Gasteiger partial charge in [-0.15, -0.1) is 0 Å². The minimum atomic E-state index is -0.101. The fourth-order valence-corrected chi connectivity index (χ4v) is 2.78. The van der Waals surface area contributed by atoms with Gasteiger partial charge < -0.3 is 10.1 Å². The van der Waals surface area contributed by atoms with Crippen molar-refractivity contribution in [3.8, 4) is 0 Å². The first-order chi connectivity index (χ1) is 8.61. The van der Waals surface area contributed by atoms with Gasteiger partial charge in [0.05, 0.1) is 7.11 Å². The molecule has 1 atom stereocenters. The number of nitrogens with zero attached hydrogens (tertiary/aromatic N) is 1. The monoisotopic (exact) mass is 254 g/mol. The van der Waals surface area contributed by atoms with Crippen LogP contribution < -0.4 is 5.32 Å². The maximum Gasteiger partial charge on any atom is 0.323 e. The number of hydrogen-bond acceptors (Lipinski definition) is 4. The maximum absolute atomic E-state index is 11.8. The number of esters is 1. The molecule has 0 spiro atoms. The summed E-state index contributed by atoms with van der Waals surface area (Å²) in [5, 5.41) is 2.95. The molecule has 0 aromatic rings. The Hall–Kier alpha value is -1.10. The second-order valence-electron chi connectivity index (χ2n) is 5.32. The molecular formula is C13H22N2O3. The lowest BCUT2D eigenvalue weighted by atomic mass is 10.0. The Bertz CT molecular complexity index is 320. The lowest BCUT2D eigenvalue weighted by Gasteiger charge is -2.36. The lowest BCUT2D eigenvalue weighted by Crippen LogP contribution is -2.51. The number of likely N-dealkylation sites (tertiary alicyclic amines) is 1. The van der Waals surface area contributed by atoms with Crippen LogP contribution in [0.3, 0.4) is 0 Å². The van der Waals surface area contributed by atoms with Gasteiger partial charge in [-0.3, -0.25) is 14.5 Å². The van der Waals surface area contributed by atoms with E-state index in [1.807, 2.05) is 0 Å². The highest BCUT2D eigenvalue weighted by Gasteiger charge is 2.41. The summed E-state index contributed by atoms with van der Waals surface area (Å²) in [7, 11) is 1.46. The number of ether oxygens (including phenoxy) is 1. The first-order valence-electron chi connectivity index (χ1n) is 6.70. The highest BCUT2D eigenvalue weighted by Crippen LogP contribution is 2.36. The number of piperidine rings is 1. The minimum Gasteiger partial charge on any atom is -0.468 e. The molecule has 18 heavy (non-hydrogen) atoms. The van der Waals surface area contributed by atoms with Gasteiger partial charge in [-0.2, -0.15) is 0 Å². The molecule has 0 aromatic carbocycles. The predicted octanol–water partition coefficient (Wildman–Crippen LogP) is 0.538. The van der Waals surface area contributed by atoms with E-state index in [0.717, 1.165) is 38.8 Å². The van der Waals surface area contributed by atoms with E-state index in [-0.39, 0.29) is 24.0 Å². The van der Waals surface area contributed by atoms with Gasteiger partial charge in [-0.25, -0.2) is 0 Å². The third-order valence-corrected chi connectivity index (χ3v) is 3.84. The molecular weight excluding hydrogens is 232 g/mol. The normalized spacial score (nSPS) is 23.4. The molecule has 2 fully saturated rings. The molecule has 1 saturated heterocycles. The number of carbonyl (C=O) groups is 2. The van der Waals surface area contributed by atoms with Crippen molar-refractivity contribution in [2.75, 3.05) is 20.2 Å². The molecule has 2 aliphatic rings. The van der Waals surface area contributed by atoms with Crippen LogP contribution in [0.5, 0.6) is 0 Å². The maximum atomic E-state index is 11.8. The molecule has 0 aromatic heterocycles. The van der Waals surface area contributed by atoms with E-state index in [9.17, 15) is 9.59 Å². The molecule has 1 amide bonds. The van der Waals surface area contributed by atoms with Gasteiger partial charge in [-0.05, 0) is 31.6 Å². The fourth-order valence-electron chi connectivity index (χ4n) is 2.78. The molecule has 1 heterocycles. The lowest BCUT2D eigenvalue weighted by molar-refractivity contribution is -0.148. The van der Waals surface area contributed by atoms with Gasteiger partial charge >= 0.3 is 5.97 Å². The van der Waals surface area contributed by atoms with Crippen LogP contribution in [-0.4, -0.2) is 49.1 Å². The van der Waals surface area contributed by atoms with Crippen LogP contribution in [0, 0.1) is 5.92 Å². The summed E-state index contributed by atoms with van der Waals surface area (Å²) in [6, 6.07) is 0.199. The number of rotatable bonds is 4. The van der Waals surface area contributed by atoms with Gasteiger partial charge in [0, 0.05) is 26.1 Å². The van der Waals surface area contributed by atoms with E-state index in [2.05, 4.69) is 10.2 Å². The predicted molar refractivity (Wildman–Crippen MR) is 66.9 cm³/mol. The molecule has 1 N–H and O–H groups in total. The topological polar surface area (TPSA) is 58.6 Å². The summed E-state index contributed by atoms with van der Waals surface area (Å²) in [6.07, 6.45) is 4.09. The highest BCUT2D eigenvalue weighted by atomic mass is 16.5. The van der Waals surface area contributed by atoms with Crippen molar-refractivity contribution in [3.63, 3.8) is 0 Å². The van der Waals surface area contributed by atoms with Crippen LogP contribution in [0.4, 0.5) is 0 Å². The van der Waals surface area contributed by atoms with Crippen molar-refractivity contribution >= 4 is 11.9 Å². The van der Waals surface area contributed by atoms with Crippen molar-refractivity contribution in [1.82, 2.24) is 10.2 Å². The molecule has 1 aliphatic heterocycles. The molecule has 1 aliphatic carbocycles. The van der Waals surface area contributed by atoms with Gasteiger partial charge in [0.1, 0.15) is 6.04 Å². The van der Waals surface area contributed by atoms with Crippen molar-refractivity contribution in [3.05, 3.63) is 0 Å². The number of amides is 1.